The first-order chi connectivity index (χ1) is 9.17. The highest BCUT2D eigenvalue weighted by atomic mass is 19.4. The van der Waals surface area contributed by atoms with E-state index >= 15 is 0 Å². The monoisotopic (exact) mass is 283 g/mol. The predicted molar refractivity (Wildman–Crippen MR) is 72.3 cm³/mol. The van der Waals surface area contributed by atoms with Crippen LogP contribution >= 0.6 is 0 Å². The number of aryl methyl sites for hydroxylation is 3. The molecule has 0 amide bonds. The molecule has 0 aliphatic rings. The first-order valence-corrected chi connectivity index (χ1v) is 6.15. The van der Waals surface area contributed by atoms with Crippen LogP contribution in [0.5, 0.6) is 0 Å². The number of halogens is 3. The molecular weight excluding hydrogens is 267 g/mol. The molecule has 0 spiro atoms. The lowest BCUT2D eigenvalue weighted by atomic mass is 9.96. The first kappa shape index (κ1) is 14.4. The maximum atomic E-state index is 12.4. The fraction of sp³-hybridized carbons (Fsp3) is 0.357. The summed E-state index contributed by atoms with van der Waals surface area (Å²) >= 11 is 0. The van der Waals surface area contributed by atoms with Crippen LogP contribution in [0.1, 0.15) is 16.8 Å². The maximum absolute atomic E-state index is 12.4. The van der Waals surface area contributed by atoms with Crippen molar-refractivity contribution in [3.63, 3.8) is 0 Å². The topological polar surface area (TPSA) is 43.8 Å². The fourth-order valence-electron chi connectivity index (χ4n) is 2.45. The van der Waals surface area contributed by atoms with Crippen molar-refractivity contribution in [2.45, 2.75) is 33.5 Å². The Labute approximate surface area is 115 Å². The van der Waals surface area contributed by atoms with Gasteiger partial charge in [-0.1, -0.05) is 0 Å². The van der Waals surface area contributed by atoms with Crippen LogP contribution in [0.25, 0.3) is 11.1 Å². The largest absolute Gasteiger partial charge is 0.408 e. The number of hydrogen-bond donors (Lipinski definition) is 1. The van der Waals surface area contributed by atoms with Crippen LogP contribution in [-0.4, -0.2) is 16.0 Å². The van der Waals surface area contributed by atoms with Crippen molar-refractivity contribution in [3.8, 4) is 11.1 Å². The second kappa shape index (κ2) is 4.85. The molecule has 0 aliphatic carbocycles. The third-order valence-corrected chi connectivity index (χ3v) is 3.11. The number of hydrogen-bond acceptors (Lipinski definition) is 2. The Morgan fingerprint density at radius 1 is 1.15 bits per heavy atom. The molecule has 0 radical (unpaired) electrons. The Morgan fingerprint density at radius 3 is 2.20 bits per heavy atom. The Kier molecular flexibility index (Phi) is 3.50. The fourth-order valence-corrected chi connectivity index (χ4v) is 2.45. The third kappa shape index (κ3) is 2.95. The molecule has 20 heavy (non-hydrogen) atoms. The zero-order valence-electron chi connectivity index (χ0n) is 11.5. The lowest BCUT2D eigenvalue weighted by molar-refractivity contribution is -0.142. The molecule has 6 heteroatoms. The molecule has 0 saturated heterocycles. The van der Waals surface area contributed by atoms with Gasteiger partial charge in [0.15, 0.2) is 0 Å². The minimum absolute atomic E-state index is 0.574. The highest BCUT2D eigenvalue weighted by Gasteiger charge is 2.29. The molecule has 108 valence electrons. The molecule has 0 fully saturated rings. The van der Waals surface area contributed by atoms with E-state index in [0.717, 1.165) is 21.4 Å². The highest BCUT2D eigenvalue weighted by molar-refractivity contribution is 5.74. The van der Waals surface area contributed by atoms with E-state index in [0.29, 0.717) is 16.9 Å². The number of nitrogen functional groups attached to an aromatic ring is 1. The Morgan fingerprint density at radius 2 is 1.70 bits per heavy atom. The van der Waals surface area contributed by atoms with Crippen LogP contribution in [0.15, 0.2) is 18.3 Å². The van der Waals surface area contributed by atoms with Crippen molar-refractivity contribution in [2.24, 2.45) is 0 Å². The minimum atomic E-state index is -4.28. The molecule has 0 atom stereocenters. The van der Waals surface area contributed by atoms with Gasteiger partial charge in [-0.25, -0.2) is 0 Å². The van der Waals surface area contributed by atoms with E-state index in [1.807, 2.05) is 26.0 Å². The standard InChI is InChI=1S/C14H16F3N3/c1-8-4-11(18)5-9(2)13(8)12-6-20(19-10(12)3)7-14(15,16)17/h4-6H,7,18H2,1-3H3. The maximum Gasteiger partial charge on any atom is 0.408 e. The summed E-state index contributed by atoms with van der Waals surface area (Å²) < 4.78 is 38.2. The summed E-state index contributed by atoms with van der Waals surface area (Å²) in [6.45, 7) is 4.40. The molecule has 1 aromatic carbocycles. The van der Waals surface area contributed by atoms with E-state index in [4.69, 9.17) is 5.73 Å². The van der Waals surface area contributed by atoms with Crippen molar-refractivity contribution in [3.05, 3.63) is 35.2 Å². The van der Waals surface area contributed by atoms with Gasteiger partial charge in [0.25, 0.3) is 0 Å². The lowest BCUT2D eigenvalue weighted by Crippen LogP contribution is -2.17. The van der Waals surface area contributed by atoms with Crippen LogP contribution in [-0.2, 0) is 6.54 Å². The Hall–Kier alpha value is -1.98. The molecule has 2 N–H and O–H groups in total. The second-order valence-corrected chi connectivity index (χ2v) is 4.97. The van der Waals surface area contributed by atoms with E-state index < -0.39 is 12.7 Å². The van der Waals surface area contributed by atoms with Gasteiger partial charge in [-0.05, 0) is 49.6 Å². The van der Waals surface area contributed by atoms with Gasteiger partial charge in [0.2, 0.25) is 0 Å². The normalized spacial score (nSPS) is 11.9. The van der Waals surface area contributed by atoms with E-state index in [1.165, 1.54) is 6.20 Å². The summed E-state index contributed by atoms with van der Waals surface area (Å²) in [7, 11) is 0. The van der Waals surface area contributed by atoms with Crippen molar-refractivity contribution >= 4 is 5.69 Å². The van der Waals surface area contributed by atoms with Gasteiger partial charge in [0.1, 0.15) is 6.54 Å². The zero-order valence-corrected chi connectivity index (χ0v) is 11.5. The molecule has 1 heterocycles. The summed E-state index contributed by atoms with van der Waals surface area (Å²) in [6, 6.07) is 3.62. The average molecular weight is 283 g/mol. The first-order valence-electron chi connectivity index (χ1n) is 6.15. The summed E-state index contributed by atoms with van der Waals surface area (Å²) in [5.41, 5.74) is 10.4. The number of aromatic nitrogens is 2. The Bertz CT molecular complexity index is 619. The molecule has 0 saturated carbocycles. The number of rotatable bonds is 2. The van der Waals surface area contributed by atoms with Gasteiger partial charge in [0.05, 0.1) is 5.69 Å². The number of alkyl halides is 3. The van der Waals surface area contributed by atoms with Gasteiger partial charge in [-0.15, -0.1) is 0 Å². The van der Waals surface area contributed by atoms with Crippen LogP contribution in [0.3, 0.4) is 0 Å². The van der Waals surface area contributed by atoms with Gasteiger partial charge < -0.3 is 5.73 Å². The van der Waals surface area contributed by atoms with Crippen LogP contribution in [0, 0.1) is 20.8 Å². The van der Waals surface area contributed by atoms with Crippen molar-refractivity contribution in [1.82, 2.24) is 9.78 Å². The number of anilines is 1. The predicted octanol–water partition coefficient (Wildman–Crippen LogP) is 3.62. The molecule has 0 unspecified atom stereocenters. The quantitative estimate of drug-likeness (QED) is 0.855. The van der Waals surface area contributed by atoms with E-state index in [-0.39, 0.29) is 0 Å². The van der Waals surface area contributed by atoms with Crippen LogP contribution < -0.4 is 5.73 Å². The minimum Gasteiger partial charge on any atom is -0.399 e. The van der Waals surface area contributed by atoms with Gasteiger partial charge in [0, 0.05) is 17.4 Å². The van der Waals surface area contributed by atoms with Crippen LogP contribution in [0.4, 0.5) is 18.9 Å². The third-order valence-electron chi connectivity index (χ3n) is 3.11. The van der Waals surface area contributed by atoms with Crippen molar-refractivity contribution in [2.75, 3.05) is 5.73 Å². The summed E-state index contributed by atoms with van der Waals surface area (Å²) in [5.74, 6) is 0. The zero-order chi connectivity index (χ0) is 15.1. The molecule has 2 rings (SSSR count). The molecule has 0 bridgehead atoms. The molecule has 2 aromatic rings. The highest BCUT2D eigenvalue weighted by Crippen LogP contribution is 2.31. The smallest absolute Gasteiger partial charge is 0.399 e. The lowest BCUT2D eigenvalue weighted by Gasteiger charge is -2.10. The van der Waals surface area contributed by atoms with Crippen molar-refractivity contribution < 1.29 is 13.2 Å². The van der Waals surface area contributed by atoms with E-state index in [1.54, 1.807) is 6.92 Å². The van der Waals surface area contributed by atoms with Gasteiger partial charge >= 0.3 is 6.18 Å². The molecule has 3 nitrogen and oxygen atoms in total. The number of nitrogens with two attached hydrogens (primary N) is 1. The Balaban J connectivity index is 2.49. The average Bonchev–Trinajstić information content (AvgIpc) is 2.55. The number of nitrogens with zero attached hydrogens (tertiary/aromatic N) is 2. The van der Waals surface area contributed by atoms with Gasteiger partial charge in [-0.3, -0.25) is 4.68 Å². The van der Waals surface area contributed by atoms with Crippen molar-refractivity contribution in [1.29, 1.82) is 0 Å². The molecule has 0 aliphatic heterocycles. The SMILES string of the molecule is Cc1cc(N)cc(C)c1-c1cn(CC(F)(F)F)nc1C. The molecule has 1 aromatic heterocycles. The van der Waals surface area contributed by atoms with E-state index in [2.05, 4.69) is 5.10 Å². The van der Waals surface area contributed by atoms with E-state index in [9.17, 15) is 13.2 Å². The van der Waals surface area contributed by atoms with Gasteiger partial charge in [-0.2, -0.15) is 18.3 Å². The molecular formula is C14H16F3N3. The second-order valence-electron chi connectivity index (χ2n) is 4.97. The summed E-state index contributed by atoms with van der Waals surface area (Å²) in [4.78, 5) is 0. The summed E-state index contributed by atoms with van der Waals surface area (Å²) in [6.07, 6.45) is -2.84. The summed E-state index contributed by atoms with van der Waals surface area (Å²) in [5, 5.41) is 3.94. The number of benzene rings is 1. The van der Waals surface area contributed by atoms with Crippen LogP contribution in [0.2, 0.25) is 0 Å².